The molecular weight excluding hydrogens is 238 g/mol. The van der Waals surface area contributed by atoms with Gasteiger partial charge in [-0.3, -0.25) is 0 Å². The third kappa shape index (κ3) is 2.82. The van der Waals surface area contributed by atoms with E-state index in [-0.39, 0.29) is 0 Å². The molecule has 1 aromatic heterocycles. The highest BCUT2D eigenvalue weighted by Crippen LogP contribution is 2.29. The first kappa shape index (κ1) is 13.3. The normalized spacial score (nSPS) is 12.6. The zero-order chi connectivity index (χ0) is 13.0. The highest BCUT2D eigenvalue weighted by molar-refractivity contribution is 7.08. The van der Waals surface area contributed by atoms with Gasteiger partial charge in [0.15, 0.2) is 0 Å². The Morgan fingerprint density at radius 3 is 2.44 bits per heavy atom. The van der Waals surface area contributed by atoms with Gasteiger partial charge in [0, 0.05) is 0 Å². The van der Waals surface area contributed by atoms with Crippen molar-refractivity contribution in [3.63, 3.8) is 0 Å². The molecule has 1 aromatic carbocycles. The summed E-state index contributed by atoms with van der Waals surface area (Å²) >= 11 is 1.77. The van der Waals surface area contributed by atoms with Gasteiger partial charge in [-0.05, 0) is 65.9 Å². The summed E-state index contributed by atoms with van der Waals surface area (Å²) in [6.07, 6.45) is 1.16. The van der Waals surface area contributed by atoms with Crippen molar-refractivity contribution in [2.24, 2.45) is 0 Å². The van der Waals surface area contributed by atoms with Crippen molar-refractivity contribution in [1.29, 1.82) is 0 Å². The molecule has 0 saturated heterocycles. The summed E-state index contributed by atoms with van der Waals surface area (Å²) in [6, 6.07) is 9.10. The molecule has 2 rings (SSSR count). The van der Waals surface area contributed by atoms with Gasteiger partial charge in [0.2, 0.25) is 0 Å². The van der Waals surface area contributed by atoms with Crippen molar-refractivity contribution < 1.29 is 0 Å². The van der Waals surface area contributed by atoms with E-state index in [4.69, 9.17) is 0 Å². The highest BCUT2D eigenvalue weighted by atomic mass is 32.1. The molecule has 0 aliphatic rings. The van der Waals surface area contributed by atoms with Crippen LogP contribution in [0.4, 0.5) is 0 Å². The Bertz CT molecular complexity index is 468. The van der Waals surface area contributed by atoms with Gasteiger partial charge in [-0.2, -0.15) is 11.3 Å². The summed E-state index contributed by atoms with van der Waals surface area (Å²) < 4.78 is 0. The minimum Gasteiger partial charge on any atom is -0.306 e. The third-order valence-electron chi connectivity index (χ3n) is 3.31. The van der Waals surface area contributed by atoms with Gasteiger partial charge in [0.25, 0.3) is 0 Å². The van der Waals surface area contributed by atoms with Crippen molar-refractivity contribution in [3.8, 4) is 0 Å². The monoisotopic (exact) mass is 259 g/mol. The molecule has 2 heteroatoms. The Morgan fingerprint density at radius 1 is 1.17 bits per heavy atom. The molecule has 1 atom stereocenters. The Hall–Kier alpha value is -1.12. The quantitative estimate of drug-likeness (QED) is 0.836. The van der Waals surface area contributed by atoms with E-state index in [1.165, 1.54) is 22.3 Å². The van der Waals surface area contributed by atoms with Gasteiger partial charge >= 0.3 is 0 Å². The summed E-state index contributed by atoms with van der Waals surface area (Å²) in [4.78, 5) is 0. The average Bonchev–Trinajstić information content (AvgIpc) is 2.86. The molecule has 96 valence electrons. The van der Waals surface area contributed by atoms with Crippen molar-refractivity contribution >= 4 is 11.3 Å². The van der Waals surface area contributed by atoms with Gasteiger partial charge in [0.1, 0.15) is 0 Å². The zero-order valence-electron chi connectivity index (χ0n) is 11.4. The van der Waals surface area contributed by atoms with Crippen molar-refractivity contribution in [3.05, 3.63) is 57.3 Å². The van der Waals surface area contributed by atoms with E-state index < -0.39 is 0 Å². The van der Waals surface area contributed by atoms with E-state index in [9.17, 15) is 0 Å². The van der Waals surface area contributed by atoms with Crippen LogP contribution in [-0.4, -0.2) is 6.54 Å². The SMILES string of the molecule is CCCNC(c1ccsc1)c1c(C)cccc1C. The number of thiophene rings is 1. The molecule has 0 amide bonds. The Balaban J connectivity index is 2.40. The van der Waals surface area contributed by atoms with Gasteiger partial charge in [-0.25, -0.2) is 0 Å². The van der Waals surface area contributed by atoms with Crippen LogP contribution >= 0.6 is 11.3 Å². The van der Waals surface area contributed by atoms with Crippen LogP contribution in [0.3, 0.4) is 0 Å². The minimum atomic E-state index is 0.331. The number of aryl methyl sites for hydroxylation is 2. The van der Waals surface area contributed by atoms with E-state index in [2.05, 4.69) is 61.1 Å². The number of nitrogens with one attached hydrogen (secondary N) is 1. The number of rotatable bonds is 5. The molecule has 0 spiro atoms. The van der Waals surface area contributed by atoms with Gasteiger partial charge in [-0.15, -0.1) is 0 Å². The highest BCUT2D eigenvalue weighted by Gasteiger charge is 2.17. The van der Waals surface area contributed by atoms with Crippen molar-refractivity contribution in [1.82, 2.24) is 5.32 Å². The van der Waals surface area contributed by atoms with Crippen LogP contribution < -0.4 is 5.32 Å². The summed E-state index contributed by atoms with van der Waals surface area (Å²) in [5.74, 6) is 0. The first-order valence-corrected chi connectivity index (χ1v) is 7.50. The summed E-state index contributed by atoms with van der Waals surface area (Å²) in [6.45, 7) is 7.67. The van der Waals surface area contributed by atoms with Gasteiger partial charge in [-0.1, -0.05) is 25.1 Å². The minimum absolute atomic E-state index is 0.331. The van der Waals surface area contributed by atoms with Gasteiger partial charge in [0.05, 0.1) is 6.04 Å². The maximum Gasteiger partial charge on any atom is 0.0590 e. The molecule has 18 heavy (non-hydrogen) atoms. The number of hydrogen-bond donors (Lipinski definition) is 1. The average molecular weight is 259 g/mol. The first-order chi connectivity index (χ1) is 8.74. The predicted octanol–water partition coefficient (Wildman–Crippen LogP) is 4.45. The molecule has 1 nitrogen and oxygen atoms in total. The smallest absolute Gasteiger partial charge is 0.0590 e. The van der Waals surface area contributed by atoms with Crippen LogP contribution in [0.2, 0.25) is 0 Å². The van der Waals surface area contributed by atoms with E-state index in [1.54, 1.807) is 11.3 Å². The molecule has 2 aromatic rings. The van der Waals surface area contributed by atoms with E-state index in [0.717, 1.165) is 13.0 Å². The van der Waals surface area contributed by atoms with E-state index >= 15 is 0 Å². The number of hydrogen-bond acceptors (Lipinski definition) is 2. The molecule has 0 radical (unpaired) electrons. The second-order valence-electron chi connectivity index (χ2n) is 4.75. The van der Waals surface area contributed by atoms with Crippen LogP contribution in [-0.2, 0) is 0 Å². The summed E-state index contributed by atoms with van der Waals surface area (Å²) in [7, 11) is 0. The summed E-state index contributed by atoms with van der Waals surface area (Å²) in [5, 5.41) is 8.08. The Morgan fingerprint density at radius 2 is 1.89 bits per heavy atom. The molecular formula is C16H21NS. The zero-order valence-corrected chi connectivity index (χ0v) is 12.2. The fourth-order valence-corrected chi connectivity index (χ4v) is 3.08. The molecule has 0 bridgehead atoms. The molecule has 0 fully saturated rings. The fraction of sp³-hybridized carbons (Fsp3) is 0.375. The number of benzene rings is 1. The predicted molar refractivity (Wildman–Crippen MR) is 80.4 cm³/mol. The van der Waals surface area contributed by atoms with E-state index in [1.807, 2.05) is 0 Å². The van der Waals surface area contributed by atoms with Crippen LogP contribution in [0.15, 0.2) is 35.0 Å². The standard InChI is InChI=1S/C16H21NS/c1-4-9-17-16(14-8-10-18-11-14)15-12(2)6-5-7-13(15)3/h5-8,10-11,16-17H,4,9H2,1-3H3. The van der Waals surface area contributed by atoms with Crippen LogP contribution in [0.1, 0.15) is 41.6 Å². The fourth-order valence-electron chi connectivity index (χ4n) is 2.40. The molecule has 1 heterocycles. The second-order valence-corrected chi connectivity index (χ2v) is 5.53. The summed E-state index contributed by atoms with van der Waals surface area (Å²) in [5.41, 5.74) is 5.56. The van der Waals surface area contributed by atoms with Crippen LogP contribution in [0.5, 0.6) is 0 Å². The molecule has 1 N–H and O–H groups in total. The van der Waals surface area contributed by atoms with Crippen LogP contribution in [0, 0.1) is 13.8 Å². The van der Waals surface area contributed by atoms with Crippen LogP contribution in [0.25, 0.3) is 0 Å². The Labute approximate surface area is 114 Å². The maximum atomic E-state index is 3.68. The molecule has 0 aliphatic carbocycles. The molecule has 0 saturated carbocycles. The lowest BCUT2D eigenvalue weighted by Gasteiger charge is -2.22. The lowest BCUT2D eigenvalue weighted by Crippen LogP contribution is -2.24. The first-order valence-electron chi connectivity index (χ1n) is 6.55. The van der Waals surface area contributed by atoms with Crippen molar-refractivity contribution in [2.75, 3.05) is 6.54 Å². The topological polar surface area (TPSA) is 12.0 Å². The maximum absolute atomic E-state index is 3.68. The largest absolute Gasteiger partial charge is 0.306 e. The third-order valence-corrected chi connectivity index (χ3v) is 4.01. The van der Waals surface area contributed by atoms with Gasteiger partial charge < -0.3 is 5.32 Å². The lowest BCUT2D eigenvalue weighted by atomic mass is 9.92. The molecule has 1 unspecified atom stereocenters. The lowest BCUT2D eigenvalue weighted by molar-refractivity contribution is 0.595. The Kier molecular flexibility index (Phi) is 4.56. The second kappa shape index (κ2) is 6.17. The molecule has 0 aliphatic heterocycles. The van der Waals surface area contributed by atoms with Crippen molar-refractivity contribution in [2.45, 2.75) is 33.2 Å². The van der Waals surface area contributed by atoms with E-state index in [0.29, 0.717) is 6.04 Å².